The molecule has 124 valence electrons. The highest BCUT2D eigenvalue weighted by molar-refractivity contribution is 7.15. The molecule has 4 nitrogen and oxygen atoms in total. The second-order valence-electron chi connectivity index (χ2n) is 7.25. The van der Waals surface area contributed by atoms with E-state index < -0.39 is 0 Å². The molecule has 0 amide bonds. The zero-order valence-corrected chi connectivity index (χ0v) is 14.8. The lowest BCUT2D eigenvalue weighted by molar-refractivity contribution is -0.130. The number of nitrogens with zero attached hydrogens (tertiary/aromatic N) is 2. The van der Waals surface area contributed by atoms with Crippen LogP contribution in [0.1, 0.15) is 37.3 Å². The molecule has 1 aromatic heterocycles. The molecule has 2 aromatic rings. The summed E-state index contributed by atoms with van der Waals surface area (Å²) in [6, 6.07) is 10.5. The third-order valence-corrected chi connectivity index (χ3v) is 5.08. The van der Waals surface area contributed by atoms with Crippen LogP contribution in [-0.4, -0.2) is 29.1 Å². The van der Waals surface area contributed by atoms with Gasteiger partial charge in [-0.2, -0.15) is 0 Å². The van der Waals surface area contributed by atoms with E-state index in [0.29, 0.717) is 5.13 Å². The monoisotopic (exact) mass is 331 g/mol. The SMILES string of the molecule is CC(C)(C)[C@H]1CN(Cc2cnc(N)s2)C[C@@H](c2ccccc2)O1. The highest BCUT2D eigenvalue weighted by atomic mass is 32.1. The lowest BCUT2D eigenvalue weighted by Gasteiger charge is -2.43. The summed E-state index contributed by atoms with van der Waals surface area (Å²) in [5, 5.41) is 0.639. The first-order valence-electron chi connectivity index (χ1n) is 8.05. The second kappa shape index (κ2) is 6.59. The molecule has 0 spiro atoms. The summed E-state index contributed by atoms with van der Waals surface area (Å²) in [7, 11) is 0. The molecule has 1 saturated heterocycles. The van der Waals surface area contributed by atoms with E-state index in [2.05, 4.69) is 54.9 Å². The molecule has 0 saturated carbocycles. The van der Waals surface area contributed by atoms with Gasteiger partial charge in [-0.05, 0) is 11.0 Å². The largest absolute Gasteiger partial charge is 0.375 e. The third-order valence-electron chi connectivity index (χ3n) is 4.26. The van der Waals surface area contributed by atoms with Crippen molar-refractivity contribution in [3.05, 3.63) is 47.0 Å². The first-order valence-corrected chi connectivity index (χ1v) is 8.86. The van der Waals surface area contributed by atoms with E-state index in [1.165, 1.54) is 10.4 Å². The molecule has 0 unspecified atom stereocenters. The Kier molecular flexibility index (Phi) is 4.71. The maximum Gasteiger partial charge on any atom is 0.180 e. The van der Waals surface area contributed by atoms with Crippen LogP contribution in [0, 0.1) is 5.41 Å². The normalized spacial score (nSPS) is 23.1. The molecule has 23 heavy (non-hydrogen) atoms. The zero-order chi connectivity index (χ0) is 16.4. The van der Waals surface area contributed by atoms with Crippen LogP contribution in [0.2, 0.25) is 0 Å². The highest BCUT2D eigenvalue weighted by Crippen LogP contribution is 2.34. The predicted octanol–water partition coefficient (Wildman–Crippen LogP) is 3.71. The van der Waals surface area contributed by atoms with Crippen molar-refractivity contribution in [3.8, 4) is 0 Å². The van der Waals surface area contributed by atoms with Gasteiger partial charge in [0.15, 0.2) is 5.13 Å². The van der Waals surface area contributed by atoms with Crippen LogP contribution in [-0.2, 0) is 11.3 Å². The standard InChI is InChI=1S/C18H25N3OS/c1-18(2,3)16-12-21(10-14-9-20-17(19)23-14)11-15(22-16)13-7-5-4-6-8-13/h4-9,15-16H,10-12H2,1-3H3,(H2,19,20)/t15-,16+/m0/s1. The van der Waals surface area contributed by atoms with Crippen molar-refractivity contribution in [1.82, 2.24) is 9.88 Å². The Morgan fingerprint density at radius 1 is 1.26 bits per heavy atom. The number of ether oxygens (including phenoxy) is 1. The van der Waals surface area contributed by atoms with Gasteiger partial charge >= 0.3 is 0 Å². The van der Waals surface area contributed by atoms with Crippen molar-refractivity contribution in [3.63, 3.8) is 0 Å². The number of rotatable bonds is 3. The topological polar surface area (TPSA) is 51.4 Å². The van der Waals surface area contributed by atoms with Crippen LogP contribution < -0.4 is 5.73 Å². The van der Waals surface area contributed by atoms with Gasteiger partial charge in [-0.1, -0.05) is 51.1 Å². The zero-order valence-electron chi connectivity index (χ0n) is 14.0. The van der Waals surface area contributed by atoms with Crippen LogP contribution in [0.15, 0.2) is 36.5 Å². The summed E-state index contributed by atoms with van der Waals surface area (Å²) < 4.78 is 6.43. The van der Waals surface area contributed by atoms with Gasteiger partial charge in [0.05, 0.1) is 12.2 Å². The Hall–Kier alpha value is -1.43. The Morgan fingerprint density at radius 2 is 2.00 bits per heavy atom. The molecule has 5 heteroatoms. The number of benzene rings is 1. The van der Waals surface area contributed by atoms with Gasteiger partial charge in [-0.3, -0.25) is 4.90 Å². The van der Waals surface area contributed by atoms with Gasteiger partial charge in [0.25, 0.3) is 0 Å². The summed E-state index contributed by atoms with van der Waals surface area (Å²) in [5.74, 6) is 0. The van der Waals surface area contributed by atoms with Crippen molar-refractivity contribution < 1.29 is 4.74 Å². The molecule has 2 atom stereocenters. The minimum absolute atomic E-state index is 0.110. The summed E-state index contributed by atoms with van der Waals surface area (Å²) in [6.45, 7) is 9.45. The van der Waals surface area contributed by atoms with Crippen LogP contribution >= 0.6 is 11.3 Å². The van der Waals surface area contributed by atoms with Gasteiger partial charge in [-0.25, -0.2) is 4.98 Å². The van der Waals surface area contributed by atoms with E-state index in [1.54, 1.807) is 11.3 Å². The molecular formula is C18H25N3OS. The smallest absolute Gasteiger partial charge is 0.180 e. The molecule has 1 aliphatic rings. The molecule has 1 aliphatic heterocycles. The highest BCUT2D eigenvalue weighted by Gasteiger charge is 2.35. The number of aromatic nitrogens is 1. The Morgan fingerprint density at radius 3 is 2.61 bits per heavy atom. The van der Waals surface area contributed by atoms with E-state index in [9.17, 15) is 0 Å². The molecule has 0 radical (unpaired) electrons. The van der Waals surface area contributed by atoms with Crippen molar-refractivity contribution in [2.75, 3.05) is 18.8 Å². The number of nitrogen functional groups attached to an aromatic ring is 1. The van der Waals surface area contributed by atoms with E-state index in [-0.39, 0.29) is 17.6 Å². The molecule has 1 aromatic carbocycles. The summed E-state index contributed by atoms with van der Waals surface area (Å²) in [5.41, 5.74) is 7.12. The van der Waals surface area contributed by atoms with Crippen LogP contribution in [0.25, 0.3) is 0 Å². The van der Waals surface area contributed by atoms with Crippen molar-refractivity contribution in [1.29, 1.82) is 0 Å². The van der Waals surface area contributed by atoms with Gasteiger partial charge in [0, 0.05) is 30.7 Å². The number of morpholine rings is 1. The Balaban J connectivity index is 1.79. The molecule has 3 rings (SSSR count). The summed E-state index contributed by atoms with van der Waals surface area (Å²) in [4.78, 5) is 7.84. The van der Waals surface area contributed by atoms with Crippen LogP contribution in [0.3, 0.4) is 0 Å². The number of hydrogen-bond acceptors (Lipinski definition) is 5. The lowest BCUT2D eigenvalue weighted by Crippen LogP contribution is -2.48. The molecule has 1 fully saturated rings. The fourth-order valence-corrected chi connectivity index (χ4v) is 3.63. The fourth-order valence-electron chi connectivity index (χ4n) is 2.90. The number of hydrogen-bond donors (Lipinski definition) is 1. The average molecular weight is 331 g/mol. The fraction of sp³-hybridized carbons (Fsp3) is 0.500. The van der Waals surface area contributed by atoms with Gasteiger partial charge in [0.2, 0.25) is 0 Å². The summed E-state index contributed by atoms with van der Waals surface area (Å²) in [6.07, 6.45) is 2.20. The van der Waals surface area contributed by atoms with Crippen molar-refractivity contribution >= 4 is 16.5 Å². The predicted molar refractivity (Wildman–Crippen MR) is 95.3 cm³/mol. The quantitative estimate of drug-likeness (QED) is 0.931. The first kappa shape index (κ1) is 16.4. The number of nitrogens with two attached hydrogens (primary N) is 1. The minimum Gasteiger partial charge on any atom is -0.375 e. The van der Waals surface area contributed by atoms with Gasteiger partial charge in [-0.15, -0.1) is 11.3 Å². The van der Waals surface area contributed by atoms with Crippen molar-refractivity contribution in [2.24, 2.45) is 5.41 Å². The Bertz CT molecular complexity index is 635. The van der Waals surface area contributed by atoms with E-state index in [0.717, 1.165) is 19.6 Å². The van der Waals surface area contributed by atoms with E-state index >= 15 is 0 Å². The van der Waals surface area contributed by atoms with Crippen LogP contribution in [0.4, 0.5) is 5.13 Å². The lowest BCUT2D eigenvalue weighted by atomic mass is 9.87. The molecule has 2 heterocycles. The van der Waals surface area contributed by atoms with E-state index in [1.807, 2.05) is 12.3 Å². The van der Waals surface area contributed by atoms with Gasteiger partial charge < -0.3 is 10.5 Å². The van der Waals surface area contributed by atoms with Gasteiger partial charge in [0.1, 0.15) is 0 Å². The summed E-state index contributed by atoms with van der Waals surface area (Å²) >= 11 is 1.57. The number of thiazole rings is 1. The molecule has 0 bridgehead atoms. The Labute approximate surface area is 142 Å². The number of anilines is 1. The second-order valence-corrected chi connectivity index (χ2v) is 8.40. The third kappa shape index (κ3) is 4.10. The first-order chi connectivity index (χ1) is 10.9. The van der Waals surface area contributed by atoms with E-state index in [4.69, 9.17) is 10.5 Å². The molecular weight excluding hydrogens is 306 g/mol. The average Bonchev–Trinajstić information content (AvgIpc) is 2.92. The van der Waals surface area contributed by atoms with Crippen molar-refractivity contribution in [2.45, 2.75) is 39.5 Å². The molecule has 2 N–H and O–H groups in total. The maximum absolute atomic E-state index is 6.43. The minimum atomic E-state index is 0.110. The maximum atomic E-state index is 6.43. The van der Waals surface area contributed by atoms with Crippen LogP contribution in [0.5, 0.6) is 0 Å². The molecule has 0 aliphatic carbocycles.